The first kappa shape index (κ1) is 16.6. The van der Waals surface area contributed by atoms with Crippen LogP contribution < -0.4 is 5.73 Å². The van der Waals surface area contributed by atoms with E-state index in [1.54, 1.807) is 7.05 Å². The number of guanidine groups is 1. The summed E-state index contributed by atoms with van der Waals surface area (Å²) in [6.45, 7) is 2.00. The van der Waals surface area contributed by atoms with Crippen LogP contribution in [-0.4, -0.2) is 33.6 Å². The number of carbonyl (C=O) groups excluding carboxylic acids is 1. The maximum absolute atomic E-state index is 12.9. The van der Waals surface area contributed by atoms with Crippen LogP contribution in [0.2, 0.25) is 0 Å². The van der Waals surface area contributed by atoms with Crippen LogP contribution in [-0.2, 0) is 10.3 Å². The molecule has 7 heteroatoms. The average molecular weight is 449 g/mol. The topological polar surface area (TPSA) is 76.5 Å². The van der Waals surface area contributed by atoms with E-state index >= 15 is 0 Å². The third kappa shape index (κ3) is 2.74. The van der Waals surface area contributed by atoms with Crippen molar-refractivity contribution in [2.45, 2.75) is 25.3 Å². The molecule has 1 aromatic heterocycles. The Morgan fingerprint density at radius 1 is 1.36 bits per heavy atom. The van der Waals surface area contributed by atoms with Gasteiger partial charge in [-0.3, -0.25) is 9.69 Å². The number of aliphatic imine (C=N–C) groups is 1. The molecule has 1 amide bonds. The smallest absolute Gasteiger partial charge is 0.235 e. The van der Waals surface area contributed by atoms with E-state index in [-0.39, 0.29) is 17.8 Å². The highest BCUT2D eigenvalue weighted by Crippen LogP contribution is 2.50. The molecule has 1 saturated carbocycles. The van der Waals surface area contributed by atoms with Gasteiger partial charge in [-0.05, 0) is 66.5 Å². The van der Waals surface area contributed by atoms with E-state index in [1.807, 2.05) is 42.2 Å². The summed E-state index contributed by atoms with van der Waals surface area (Å²) < 4.78 is 2.98. The normalized spacial score (nSPS) is 26.7. The SMILES string of the molecule is CN1C(=O)[C@H](C2CC2)[C@@](C)(c2cnn(-c3cccc(I)c3)c2)N=C1N. The second-order valence-electron chi connectivity index (χ2n) is 6.98. The van der Waals surface area contributed by atoms with E-state index in [2.05, 4.69) is 33.8 Å². The molecule has 0 radical (unpaired) electrons. The molecule has 1 fully saturated rings. The molecule has 2 aliphatic rings. The lowest BCUT2D eigenvalue weighted by Crippen LogP contribution is -2.54. The molecule has 2 N–H and O–H groups in total. The lowest BCUT2D eigenvalue weighted by molar-refractivity contribution is -0.135. The minimum atomic E-state index is -0.672. The lowest BCUT2D eigenvalue weighted by Gasteiger charge is -2.40. The van der Waals surface area contributed by atoms with Crippen molar-refractivity contribution in [3.8, 4) is 5.69 Å². The molecule has 2 heterocycles. The molecule has 25 heavy (non-hydrogen) atoms. The summed E-state index contributed by atoms with van der Waals surface area (Å²) in [5, 5.41) is 4.51. The molecule has 0 spiro atoms. The van der Waals surface area contributed by atoms with Crippen LogP contribution in [0.15, 0.2) is 41.7 Å². The summed E-state index contributed by atoms with van der Waals surface area (Å²) in [6, 6.07) is 8.12. The predicted molar refractivity (Wildman–Crippen MR) is 104 cm³/mol. The molecule has 4 rings (SSSR count). The first-order chi connectivity index (χ1) is 11.9. The highest BCUT2D eigenvalue weighted by atomic mass is 127. The molecule has 1 aliphatic carbocycles. The number of nitrogens with two attached hydrogens (primary N) is 1. The van der Waals surface area contributed by atoms with Crippen LogP contribution in [0.25, 0.3) is 5.69 Å². The number of benzene rings is 1. The molecular formula is C18H20IN5O. The van der Waals surface area contributed by atoms with Crippen molar-refractivity contribution >= 4 is 34.5 Å². The Morgan fingerprint density at radius 2 is 2.12 bits per heavy atom. The molecule has 1 aromatic carbocycles. The molecule has 6 nitrogen and oxygen atoms in total. The summed E-state index contributed by atoms with van der Waals surface area (Å²) in [5.41, 5.74) is 7.27. The van der Waals surface area contributed by atoms with Gasteiger partial charge in [0, 0.05) is 22.4 Å². The van der Waals surface area contributed by atoms with Crippen LogP contribution >= 0.6 is 22.6 Å². The zero-order chi connectivity index (χ0) is 17.8. The molecule has 130 valence electrons. The molecular weight excluding hydrogens is 429 g/mol. The van der Waals surface area contributed by atoms with E-state index in [9.17, 15) is 4.79 Å². The van der Waals surface area contributed by atoms with Crippen LogP contribution in [0.4, 0.5) is 0 Å². The van der Waals surface area contributed by atoms with Gasteiger partial charge in [-0.15, -0.1) is 0 Å². The molecule has 0 bridgehead atoms. The summed E-state index contributed by atoms with van der Waals surface area (Å²) >= 11 is 2.28. The number of halogens is 1. The number of nitrogens with zero attached hydrogens (tertiary/aromatic N) is 4. The largest absolute Gasteiger partial charge is 0.369 e. The van der Waals surface area contributed by atoms with Gasteiger partial charge in [0.2, 0.25) is 5.91 Å². The van der Waals surface area contributed by atoms with Gasteiger partial charge >= 0.3 is 0 Å². The molecule has 1 aliphatic heterocycles. The number of aromatic nitrogens is 2. The van der Waals surface area contributed by atoms with Crippen LogP contribution in [0.5, 0.6) is 0 Å². The van der Waals surface area contributed by atoms with Gasteiger partial charge < -0.3 is 5.73 Å². The van der Waals surface area contributed by atoms with Crippen molar-refractivity contribution < 1.29 is 4.79 Å². The zero-order valence-electron chi connectivity index (χ0n) is 14.2. The van der Waals surface area contributed by atoms with E-state index < -0.39 is 5.54 Å². The fraction of sp³-hybridized carbons (Fsp3) is 0.389. The highest BCUT2D eigenvalue weighted by Gasteiger charge is 2.53. The summed E-state index contributed by atoms with van der Waals surface area (Å²) in [4.78, 5) is 19.1. The Balaban J connectivity index is 1.78. The Labute approximate surface area is 160 Å². The van der Waals surface area contributed by atoms with E-state index in [1.165, 1.54) is 4.90 Å². The average Bonchev–Trinajstić information content (AvgIpc) is 3.26. The third-order valence-corrected chi connectivity index (χ3v) is 5.90. The molecule has 2 aromatic rings. The van der Waals surface area contributed by atoms with Gasteiger partial charge in [0.05, 0.1) is 17.8 Å². The minimum absolute atomic E-state index is 0.0551. The summed E-state index contributed by atoms with van der Waals surface area (Å²) in [5.74, 6) is 0.516. The van der Waals surface area contributed by atoms with E-state index in [0.717, 1.165) is 27.7 Å². The predicted octanol–water partition coefficient (Wildman–Crippen LogP) is 2.50. The number of carbonyl (C=O) groups is 1. The van der Waals surface area contributed by atoms with Gasteiger partial charge in [0.15, 0.2) is 5.96 Å². The van der Waals surface area contributed by atoms with Gasteiger partial charge in [0.1, 0.15) is 5.54 Å². The number of hydrogen-bond acceptors (Lipinski definition) is 4. The van der Waals surface area contributed by atoms with E-state index in [4.69, 9.17) is 10.7 Å². The highest BCUT2D eigenvalue weighted by molar-refractivity contribution is 14.1. The van der Waals surface area contributed by atoms with Gasteiger partial charge in [-0.2, -0.15) is 5.10 Å². The van der Waals surface area contributed by atoms with Crippen molar-refractivity contribution in [1.29, 1.82) is 0 Å². The summed E-state index contributed by atoms with van der Waals surface area (Å²) in [6.07, 6.45) is 5.92. The number of amides is 1. The van der Waals surface area contributed by atoms with Crippen molar-refractivity contribution in [1.82, 2.24) is 14.7 Å². The molecule has 2 atom stereocenters. The van der Waals surface area contributed by atoms with Gasteiger partial charge in [-0.25, -0.2) is 9.67 Å². The number of rotatable bonds is 3. The second-order valence-corrected chi connectivity index (χ2v) is 8.23. The van der Waals surface area contributed by atoms with Gasteiger partial charge in [-0.1, -0.05) is 6.07 Å². The van der Waals surface area contributed by atoms with Crippen LogP contribution in [0.1, 0.15) is 25.3 Å². The van der Waals surface area contributed by atoms with Crippen molar-refractivity contribution in [2.75, 3.05) is 7.05 Å². The van der Waals surface area contributed by atoms with Crippen LogP contribution in [0, 0.1) is 15.4 Å². The summed E-state index contributed by atoms with van der Waals surface area (Å²) in [7, 11) is 1.70. The quantitative estimate of drug-likeness (QED) is 0.732. The zero-order valence-corrected chi connectivity index (χ0v) is 16.3. The second kappa shape index (κ2) is 5.82. The maximum Gasteiger partial charge on any atom is 0.235 e. The number of hydrogen-bond donors (Lipinski definition) is 1. The fourth-order valence-corrected chi connectivity index (χ4v) is 4.15. The monoisotopic (exact) mass is 449 g/mol. The van der Waals surface area contributed by atoms with E-state index in [0.29, 0.717) is 5.92 Å². The first-order valence-corrected chi connectivity index (χ1v) is 9.42. The lowest BCUT2D eigenvalue weighted by atomic mass is 9.76. The molecule has 0 saturated heterocycles. The Bertz CT molecular complexity index is 872. The third-order valence-electron chi connectivity index (χ3n) is 5.23. The Kier molecular flexibility index (Phi) is 3.86. The van der Waals surface area contributed by atoms with Crippen molar-refractivity contribution in [3.63, 3.8) is 0 Å². The molecule has 0 unspecified atom stereocenters. The fourth-order valence-electron chi connectivity index (χ4n) is 3.62. The standard InChI is InChI=1S/C18H20IN5O/c1-18(15(11-6-7-11)16(25)23(2)17(20)22-18)12-9-21-24(10-12)14-5-3-4-13(19)8-14/h3-5,8-11,15H,6-7H2,1-2H3,(H2,20,22)/t15-,18+/m0/s1. The van der Waals surface area contributed by atoms with Crippen molar-refractivity contribution in [2.24, 2.45) is 22.6 Å². The Hall–Kier alpha value is -1.90. The van der Waals surface area contributed by atoms with Gasteiger partial charge in [0.25, 0.3) is 0 Å². The Morgan fingerprint density at radius 3 is 2.80 bits per heavy atom. The van der Waals surface area contributed by atoms with Crippen molar-refractivity contribution in [3.05, 3.63) is 45.8 Å². The van der Waals surface area contributed by atoms with Crippen LogP contribution in [0.3, 0.4) is 0 Å². The first-order valence-electron chi connectivity index (χ1n) is 8.34. The minimum Gasteiger partial charge on any atom is -0.369 e. The maximum atomic E-state index is 12.9.